The molecule has 4 heterocycles. The van der Waals surface area contributed by atoms with Crippen molar-refractivity contribution in [3.05, 3.63) is 24.2 Å². The standard InChI is InChI=1S/C17H26N6.2ClH/c1-2-21-8-3-5-14(21)13-22-10-7-19-17(22)16-11-15-12-18-6-4-9-23(15)20-16;;/h7,10-11,14,18H,2-6,8-9,12-13H2,1H3;2*1H. The number of hydrogen-bond acceptors (Lipinski definition) is 4. The summed E-state index contributed by atoms with van der Waals surface area (Å²) >= 11 is 0. The number of nitrogens with zero attached hydrogens (tertiary/aromatic N) is 5. The molecule has 1 fully saturated rings. The maximum absolute atomic E-state index is 4.81. The van der Waals surface area contributed by atoms with Gasteiger partial charge in [0.1, 0.15) is 5.69 Å². The fourth-order valence-electron chi connectivity index (χ4n) is 3.91. The van der Waals surface area contributed by atoms with Crippen LogP contribution in [0.15, 0.2) is 18.5 Å². The number of likely N-dealkylation sites (N-methyl/N-ethyl adjacent to an activating group) is 1. The Morgan fingerprint density at radius 1 is 1.24 bits per heavy atom. The third kappa shape index (κ3) is 4.19. The predicted molar refractivity (Wildman–Crippen MR) is 105 cm³/mol. The average molecular weight is 387 g/mol. The third-order valence-electron chi connectivity index (χ3n) is 5.15. The molecule has 1 unspecified atom stereocenters. The van der Waals surface area contributed by atoms with E-state index >= 15 is 0 Å². The first-order chi connectivity index (χ1) is 11.3. The molecule has 1 N–H and O–H groups in total. The van der Waals surface area contributed by atoms with E-state index in [0.29, 0.717) is 6.04 Å². The van der Waals surface area contributed by atoms with Crippen molar-refractivity contribution in [1.29, 1.82) is 0 Å². The topological polar surface area (TPSA) is 50.9 Å². The molecule has 4 rings (SSSR count). The lowest BCUT2D eigenvalue weighted by Crippen LogP contribution is -2.32. The molecule has 2 aliphatic heterocycles. The first-order valence-electron chi connectivity index (χ1n) is 8.88. The highest BCUT2D eigenvalue weighted by atomic mass is 35.5. The average Bonchev–Trinajstić information content (AvgIpc) is 3.26. The van der Waals surface area contributed by atoms with Crippen molar-refractivity contribution in [1.82, 2.24) is 29.5 Å². The van der Waals surface area contributed by atoms with Gasteiger partial charge in [-0.25, -0.2) is 4.98 Å². The monoisotopic (exact) mass is 386 g/mol. The van der Waals surface area contributed by atoms with Gasteiger partial charge >= 0.3 is 0 Å². The summed E-state index contributed by atoms with van der Waals surface area (Å²) in [6.07, 6.45) is 7.74. The smallest absolute Gasteiger partial charge is 0.160 e. The molecule has 25 heavy (non-hydrogen) atoms. The number of fused-ring (bicyclic) bond motifs is 1. The molecule has 8 heteroatoms. The van der Waals surface area contributed by atoms with E-state index in [-0.39, 0.29) is 24.8 Å². The molecule has 0 radical (unpaired) electrons. The number of hydrogen-bond donors (Lipinski definition) is 1. The minimum Gasteiger partial charge on any atom is -0.328 e. The van der Waals surface area contributed by atoms with Gasteiger partial charge in [0.05, 0.1) is 5.69 Å². The third-order valence-corrected chi connectivity index (χ3v) is 5.15. The van der Waals surface area contributed by atoms with Gasteiger partial charge < -0.3 is 9.88 Å². The second kappa shape index (κ2) is 9.03. The Morgan fingerprint density at radius 2 is 2.12 bits per heavy atom. The van der Waals surface area contributed by atoms with Crippen LogP contribution in [0.5, 0.6) is 0 Å². The Labute approximate surface area is 161 Å². The van der Waals surface area contributed by atoms with Crippen LogP contribution in [0.4, 0.5) is 0 Å². The second-order valence-corrected chi connectivity index (χ2v) is 6.60. The number of rotatable bonds is 4. The fraction of sp³-hybridized carbons (Fsp3) is 0.647. The largest absolute Gasteiger partial charge is 0.328 e. The van der Waals surface area contributed by atoms with Gasteiger partial charge in [-0.2, -0.15) is 5.10 Å². The Balaban J connectivity index is 0.00000113. The molecule has 2 aromatic heterocycles. The zero-order valence-electron chi connectivity index (χ0n) is 14.7. The molecule has 140 valence electrons. The van der Waals surface area contributed by atoms with E-state index in [1.165, 1.54) is 25.1 Å². The number of nitrogens with one attached hydrogen (secondary N) is 1. The van der Waals surface area contributed by atoms with Crippen LogP contribution < -0.4 is 5.32 Å². The second-order valence-electron chi connectivity index (χ2n) is 6.60. The van der Waals surface area contributed by atoms with Crippen molar-refractivity contribution in [2.24, 2.45) is 0 Å². The normalized spacial score (nSPS) is 20.4. The molecule has 0 aromatic carbocycles. The summed E-state index contributed by atoms with van der Waals surface area (Å²) in [5, 5.41) is 8.26. The van der Waals surface area contributed by atoms with Gasteiger partial charge in [-0.1, -0.05) is 6.92 Å². The van der Waals surface area contributed by atoms with Crippen molar-refractivity contribution < 1.29 is 0 Å². The molecular weight excluding hydrogens is 359 g/mol. The number of aryl methyl sites for hydroxylation is 1. The van der Waals surface area contributed by atoms with Gasteiger partial charge in [0, 0.05) is 38.1 Å². The van der Waals surface area contributed by atoms with Gasteiger partial charge in [-0.15, -0.1) is 24.8 Å². The van der Waals surface area contributed by atoms with E-state index in [1.807, 2.05) is 6.20 Å². The summed E-state index contributed by atoms with van der Waals surface area (Å²) in [5.74, 6) is 1.01. The lowest BCUT2D eigenvalue weighted by Gasteiger charge is -2.23. The molecular formula is C17H28Cl2N6. The van der Waals surface area contributed by atoms with Gasteiger partial charge in [-0.3, -0.25) is 9.58 Å². The van der Waals surface area contributed by atoms with E-state index in [2.05, 4.69) is 43.6 Å². The lowest BCUT2D eigenvalue weighted by molar-refractivity contribution is 0.245. The van der Waals surface area contributed by atoms with Crippen LogP contribution in [0.2, 0.25) is 0 Å². The summed E-state index contributed by atoms with van der Waals surface area (Å²) in [7, 11) is 0. The highest BCUT2D eigenvalue weighted by molar-refractivity contribution is 5.85. The molecule has 0 saturated carbocycles. The molecule has 1 saturated heterocycles. The van der Waals surface area contributed by atoms with E-state index in [0.717, 1.165) is 50.7 Å². The van der Waals surface area contributed by atoms with Crippen molar-refractivity contribution in [3.8, 4) is 11.5 Å². The number of aromatic nitrogens is 4. The Morgan fingerprint density at radius 3 is 2.96 bits per heavy atom. The van der Waals surface area contributed by atoms with Gasteiger partial charge in [-0.05, 0) is 45.0 Å². The fourth-order valence-corrected chi connectivity index (χ4v) is 3.91. The highest BCUT2D eigenvalue weighted by Crippen LogP contribution is 2.23. The minimum atomic E-state index is 0. The van der Waals surface area contributed by atoms with Crippen LogP contribution in [0, 0.1) is 0 Å². The lowest BCUT2D eigenvalue weighted by atomic mass is 10.2. The zero-order valence-corrected chi connectivity index (χ0v) is 16.4. The quantitative estimate of drug-likeness (QED) is 0.876. The van der Waals surface area contributed by atoms with E-state index in [9.17, 15) is 0 Å². The molecule has 2 aromatic rings. The van der Waals surface area contributed by atoms with Crippen LogP contribution in [0.3, 0.4) is 0 Å². The SMILES string of the molecule is CCN1CCCC1Cn1ccnc1-c1cc2n(n1)CCCNC2.Cl.Cl. The first-order valence-corrected chi connectivity index (χ1v) is 8.88. The van der Waals surface area contributed by atoms with Crippen molar-refractivity contribution in [3.63, 3.8) is 0 Å². The van der Waals surface area contributed by atoms with E-state index in [4.69, 9.17) is 5.10 Å². The molecule has 1 atom stereocenters. The van der Waals surface area contributed by atoms with Crippen LogP contribution in [-0.2, 0) is 19.6 Å². The summed E-state index contributed by atoms with van der Waals surface area (Å²) in [5.41, 5.74) is 2.28. The van der Waals surface area contributed by atoms with Crippen molar-refractivity contribution >= 4 is 24.8 Å². The summed E-state index contributed by atoms with van der Waals surface area (Å²) in [4.78, 5) is 7.17. The highest BCUT2D eigenvalue weighted by Gasteiger charge is 2.24. The molecule has 0 amide bonds. The first kappa shape index (κ1) is 20.2. The predicted octanol–water partition coefficient (Wildman–Crippen LogP) is 2.57. The number of likely N-dealkylation sites (tertiary alicyclic amines) is 1. The molecule has 0 spiro atoms. The summed E-state index contributed by atoms with van der Waals surface area (Å²) in [6.45, 7) is 8.61. The maximum atomic E-state index is 4.81. The minimum absolute atomic E-state index is 0. The maximum Gasteiger partial charge on any atom is 0.160 e. The van der Waals surface area contributed by atoms with Crippen molar-refractivity contribution in [2.75, 3.05) is 19.6 Å². The number of halogens is 2. The summed E-state index contributed by atoms with van der Waals surface area (Å²) < 4.78 is 4.43. The van der Waals surface area contributed by atoms with Crippen LogP contribution >= 0.6 is 24.8 Å². The van der Waals surface area contributed by atoms with Crippen LogP contribution in [0.1, 0.15) is 31.9 Å². The van der Waals surface area contributed by atoms with E-state index in [1.54, 1.807) is 0 Å². The molecule has 0 bridgehead atoms. The van der Waals surface area contributed by atoms with E-state index < -0.39 is 0 Å². The van der Waals surface area contributed by atoms with Crippen LogP contribution in [-0.4, -0.2) is 49.9 Å². The molecule has 6 nitrogen and oxygen atoms in total. The van der Waals surface area contributed by atoms with Crippen molar-refractivity contribution in [2.45, 2.75) is 51.9 Å². The summed E-state index contributed by atoms with van der Waals surface area (Å²) in [6, 6.07) is 2.83. The number of imidazole rings is 1. The molecule has 0 aliphatic carbocycles. The Kier molecular flexibility index (Phi) is 7.31. The zero-order chi connectivity index (χ0) is 15.6. The Hall–Kier alpha value is -1.08. The van der Waals surface area contributed by atoms with Crippen LogP contribution in [0.25, 0.3) is 11.5 Å². The molecule has 2 aliphatic rings. The van der Waals surface area contributed by atoms with Gasteiger partial charge in [0.15, 0.2) is 5.82 Å². The van der Waals surface area contributed by atoms with Gasteiger partial charge in [0.2, 0.25) is 0 Å². The van der Waals surface area contributed by atoms with Gasteiger partial charge in [0.25, 0.3) is 0 Å². The Bertz CT molecular complexity index is 644.